The van der Waals surface area contributed by atoms with E-state index in [0.29, 0.717) is 22.8 Å². The van der Waals surface area contributed by atoms with Crippen LogP contribution < -0.4 is 14.4 Å². The lowest BCUT2D eigenvalue weighted by Gasteiger charge is -2.34. The van der Waals surface area contributed by atoms with Crippen molar-refractivity contribution in [2.24, 2.45) is 0 Å². The molecule has 1 N–H and O–H groups in total. The van der Waals surface area contributed by atoms with E-state index in [1.165, 1.54) is 24.1 Å². The van der Waals surface area contributed by atoms with Gasteiger partial charge in [-0.25, -0.2) is 8.42 Å². The molecule has 0 radical (unpaired) electrons. The fourth-order valence-electron chi connectivity index (χ4n) is 4.34. The van der Waals surface area contributed by atoms with Gasteiger partial charge in [0.1, 0.15) is 18.3 Å². The topological polar surface area (TPSA) is 96.0 Å². The van der Waals surface area contributed by atoms with Crippen LogP contribution in [-0.4, -0.2) is 50.9 Å². The molecule has 214 valence electrons. The standard InChI is InChI=1S/C30H36ClN3O5S/c1-6-26(30(36)32-21(2)3)33(19-23-12-10-11-15-25(23)31)29(35)20-34(27-18-22(4)16-17-28(27)39-5)40(37,38)24-13-8-7-9-14-24/h7-18,21,26H,6,19-20H2,1-5H3,(H,32,36). The first kappa shape index (κ1) is 31.0. The molecule has 0 saturated carbocycles. The van der Waals surface area contributed by atoms with Crippen molar-refractivity contribution < 1.29 is 22.7 Å². The largest absolute Gasteiger partial charge is 0.495 e. The SMILES string of the molecule is CCC(C(=O)NC(C)C)N(Cc1ccccc1Cl)C(=O)CN(c1cc(C)ccc1OC)S(=O)(=O)c1ccccc1. The molecule has 1 unspecified atom stereocenters. The second-order valence-electron chi connectivity index (χ2n) is 9.70. The van der Waals surface area contributed by atoms with Gasteiger partial charge in [-0.15, -0.1) is 0 Å². The van der Waals surface area contributed by atoms with Crippen molar-refractivity contribution in [1.82, 2.24) is 10.2 Å². The Hall–Kier alpha value is -3.56. The number of aryl methyl sites for hydroxylation is 1. The van der Waals surface area contributed by atoms with Gasteiger partial charge in [0.15, 0.2) is 0 Å². The molecule has 3 aromatic carbocycles. The number of carbonyl (C=O) groups is 2. The number of benzene rings is 3. The van der Waals surface area contributed by atoms with E-state index in [2.05, 4.69) is 5.32 Å². The van der Waals surface area contributed by atoms with Crippen molar-refractivity contribution in [2.75, 3.05) is 18.0 Å². The number of anilines is 1. The summed E-state index contributed by atoms with van der Waals surface area (Å²) in [5.41, 5.74) is 1.64. The average molecular weight is 586 g/mol. The van der Waals surface area contributed by atoms with Gasteiger partial charge in [0.25, 0.3) is 10.0 Å². The molecule has 3 aromatic rings. The van der Waals surface area contributed by atoms with Gasteiger partial charge in [-0.2, -0.15) is 0 Å². The molecule has 0 aromatic heterocycles. The van der Waals surface area contributed by atoms with Crippen LogP contribution in [0.2, 0.25) is 5.02 Å². The highest BCUT2D eigenvalue weighted by molar-refractivity contribution is 7.92. The molecular formula is C30H36ClN3O5S. The summed E-state index contributed by atoms with van der Waals surface area (Å²) in [6.07, 6.45) is 0.313. The highest BCUT2D eigenvalue weighted by Gasteiger charge is 2.35. The van der Waals surface area contributed by atoms with E-state index in [4.69, 9.17) is 16.3 Å². The van der Waals surface area contributed by atoms with Crippen LogP contribution in [0, 0.1) is 6.92 Å². The van der Waals surface area contributed by atoms with Gasteiger partial charge >= 0.3 is 0 Å². The first-order valence-corrected chi connectivity index (χ1v) is 14.9. The van der Waals surface area contributed by atoms with Crippen molar-refractivity contribution in [3.8, 4) is 5.75 Å². The van der Waals surface area contributed by atoms with E-state index in [1.807, 2.05) is 20.8 Å². The second-order valence-corrected chi connectivity index (χ2v) is 12.0. The fraction of sp³-hybridized carbons (Fsp3) is 0.333. The average Bonchev–Trinajstić information content (AvgIpc) is 2.92. The van der Waals surface area contributed by atoms with E-state index < -0.39 is 28.5 Å². The van der Waals surface area contributed by atoms with Crippen molar-refractivity contribution in [2.45, 2.75) is 57.6 Å². The van der Waals surface area contributed by atoms with E-state index in [0.717, 1.165) is 9.87 Å². The molecule has 0 fully saturated rings. The van der Waals surface area contributed by atoms with Gasteiger partial charge in [-0.1, -0.05) is 61.0 Å². The van der Waals surface area contributed by atoms with E-state index >= 15 is 0 Å². The van der Waals surface area contributed by atoms with E-state index in [-0.39, 0.29) is 29.1 Å². The Morgan fingerprint density at radius 1 is 1.00 bits per heavy atom. The third kappa shape index (κ3) is 7.34. The molecule has 1 atom stereocenters. The quantitative estimate of drug-likeness (QED) is 0.316. The molecule has 10 heteroatoms. The predicted molar refractivity (Wildman–Crippen MR) is 158 cm³/mol. The highest BCUT2D eigenvalue weighted by atomic mass is 35.5. The van der Waals surface area contributed by atoms with Gasteiger partial charge in [0.05, 0.1) is 17.7 Å². The predicted octanol–water partition coefficient (Wildman–Crippen LogP) is 5.18. The maximum atomic E-state index is 14.2. The summed E-state index contributed by atoms with van der Waals surface area (Å²) in [5.74, 6) is -0.600. The van der Waals surface area contributed by atoms with Crippen LogP contribution in [0.5, 0.6) is 5.75 Å². The third-order valence-corrected chi connectivity index (χ3v) is 8.47. The van der Waals surface area contributed by atoms with Crippen LogP contribution in [0.15, 0.2) is 77.7 Å². The number of rotatable bonds is 12. The zero-order chi connectivity index (χ0) is 29.4. The Kier molecular flexibility index (Phi) is 10.6. The Labute approximate surface area is 241 Å². The Morgan fingerprint density at radius 3 is 2.25 bits per heavy atom. The van der Waals surface area contributed by atoms with Gasteiger partial charge < -0.3 is 15.0 Å². The lowest BCUT2D eigenvalue weighted by Crippen LogP contribution is -2.53. The van der Waals surface area contributed by atoms with Crippen LogP contribution in [0.3, 0.4) is 0 Å². The number of nitrogens with zero attached hydrogens (tertiary/aromatic N) is 2. The summed E-state index contributed by atoms with van der Waals surface area (Å²) < 4.78 is 34.6. The molecule has 0 aliphatic carbocycles. The number of nitrogens with one attached hydrogen (secondary N) is 1. The molecular weight excluding hydrogens is 550 g/mol. The number of carbonyl (C=O) groups excluding carboxylic acids is 2. The number of methoxy groups -OCH3 is 1. The molecule has 0 aliphatic rings. The minimum Gasteiger partial charge on any atom is -0.495 e. The van der Waals surface area contributed by atoms with Gasteiger partial charge in [-0.3, -0.25) is 13.9 Å². The summed E-state index contributed by atoms with van der Waals surface area (Å²) in [5, 5.41) is 3.32. The Bertz CT molecular complexity index is 1430. The monoisotopic (exact) mass is 585 g/mol. The van der Waals surface area contributed by atoms with Crippen LogP contribution in [0.1, 0.15) is 38.3 Å². The molecule has 2 amide bonds. The first-order valence-electron chi connectivity index (χ1n) is 13.0. The lowest BCUT2D eigenvalue weighted by molar-refractivity contribution is -0.140. The van der Waals surface area contributed by atoms with Crippen molar-refractivity contribution in [3.05, 3.63) is 88.9 Å². The highest BCUT2D eigenvalue weighted by Crippen LogP contribution is 2.34. The zero-order valence-corrected chi connectivity index (χ0v) is 25.0. The summed E-state index contributed by atoms with van der Waals surface area (Å²) >= 11 is 6.43. The molecule has 8 nitrogen and oxygen atoms in total. The number of hydrogen-bond donors (Lipinski definition) is 1. The van der Waals surface area contributed by atoms with Crippen molar-refractivity contribution in [3.63, 3.8) is 0 Å². The molecule has 0 aliphatic heterocycles. The molecule has 0 heterocycles. The number of amides is 2. The molecule has 3 rings (SSSR count). The molecule has 40 heavy (non-hydrogen) atoms. The summed E-state index contributed by atoms with van der Waals surface area (Å²) in [4.78, 5) is 28.8. The summed E-state index contributed by atoms with van der Waals surface area (Å²) in [6.45, 7) is 6.76. The van der Waals surface area contributed by atoms with Crippen LogP contribution >= 0.6 is 11.6 Å². The Morgan fingerprint density at radius 2 is 1.65 bits per heavy atom. The van der Waals surface area contributed by atoms with Gasteiger partial charge in [0, 0.05) is 17.6 Å². The van der Waals surface area contributed by atoms with Crippen molar-refractivity contribution >= 4 is 39.1 Å². The third-order valence-electron chi connectivity index (χ3n) is 6.33. The van der Waals surface area contributed by atoms with Crippen molar-refractivity contribution in [1.29, 1.82) is 0 Å². The maximum Gasteiger partial charge on any atom is 0.264 e. The number of sulfonamides is 1. The maximum absolute atomic E-state index is 14.2. The van der Waals surface area contributed by atoms with Crippen LogP contribution in [0.25, 0.3) is 0 Å². The van der Waals surface area contributed by atoms with Gasteiger partial charge in [-0.05, 0) is 68.7 Å². The number of halogens is 1. The molecule has 0 spiro atoms. The van der Waals surface area contributed by atoms with E-state index in [1.54, 1.807) is 67.6 Å². The Balaban J connectivity index is 2.13. The van der Waals surface area contributed by atoms with Crippen LogP contribution in [0.4, 0.5) is 5.69 Å². The minimum absolute atomic E-state index is 0.0205. The normalized spacial score (nSPS) is 12.1. The van der Waals surface area contributed by atoms with E-state index in [9.17, 15) is 18.0 Å². The zero-order valence-electron chi connectivity index (χ0n) is 23.4. The lowest BCUT2D eigenvalue weighted by atomic mass is 10.1. The number of hydrogen-bond acceptors (Lipinski definition) is 5. The summed E-state index contributed by atoms with van der Waals surface area (Å²) in [7, 11) is -2.76. The van der Waals surface area contributed by atoms with Crippen LogP contribution in [-0.2, 0) is 26.2 Å². The molecule has 0 bridgehead atoms. The first-order chi connectivity index (χ1) is 19.0. The minimum atomic E-state index is -4.21. The van der Waals surface area contributed by atoms with Gasteiger partial charge in [0.2, 0.25) is 11.8 Å². The number of ether oxygens (including phenoxy) is 1. The fourth-order valence-corrected chi connectivity index (χ4v) is 5.97. The smallest absolute Gasteiger partial charge is 0.264 e. The second kappa shape index (κ2) is 13.7. The summed E-state index contributed by atoms with van der Waals surface area (Å²) in [6, 6.07) is 19.1. The molecule has 0 saturated heterocycles.